The summed E-state index contributed by atoms with van der Waals surface area (Å²) >= 11 is 0. The van der Waals surface area contributed by atoms with Gasteiger partial charge in [0, 0.05) is 22.1 Å². The van der Waals surface area contributed by atoms with Gasteiger partial charge < -0.3 is 4.90 Å². The van der Waals surface area contributed by atoms with E-state index >= 15 is 0 Å². The summed E-state index contributed by atoms with van der Waals surface area (Å²) in [7, 11) is 0. The SMILES string of the molecule is c1ccc(-c2nc(N3c4ccccc4N4c5cncnc5-c5ccccc5-c5cccc3c54)nc3ccccc23)cc1. The number of anilines is 6. The van der Waals surface area contributed by atoms with Crippen LogP contribution in [0.4, 0.5) is 34.4 Å². The molecule has 2 aliphatic rings. The number of hydrogen-bond acceptors (Lipinski definition) is 6. The number of rotatable bonds is 2. The summed E-state index contributed by atoms with van der Waals surface area (Å²) in [6, 6.07) is 41.9. The third-order valence-electron chi connectivity index (χ3n) is 8.09. The van der Waals surface area contributed by atoms with Crippen molar-refractivity contribution in [2.75, 3.05) is 9.80 Å². The van der Waals surface area contributed by atoms with Gasteiger partial charge in [0.25, 0.3) is 0 Å². The van der Waals surface area contributed by atoms with Gasteiger partial charge >= 0.3 is 0 Å². The van der Waals surface area contributed by atoms with E-state index in [1.807, 2.05) is 36.5 Å². The van der Waals surface area contributed by atoms with Crippen LogP contribution in [0.25, 0.3) is 44.5 Å². The lowest BCUT2D eigenvalue weighted by Crippen LogP contribution is -2.26. The van der Waals surface area contributed by atoms with Gasteiger partial charge in [-0.1, -0.05) is 97.1 Å². The molecule has 2 aromatic heterocycles. The summed E-state index contributed by atoms with van der Waals surface area (Å²) in [5.74, 6) is 0.620. The first-order valence-electron chi connectivity index (χ1n) is 13.9. The second kappa shape index (κ2) is 8.81. The van der Waals surface area contributed by atoms with Gasteiger partial charge in [0.15, 0.2) is 0 Å². The number of para-hydroxylation sites is 4. The van der Waals surface area contributed by atoms with Crippen LogP contribution in [0, 0.1) is 0 Å². The van der Waals surface area contributed by atoms with Crippen LogP contribution in [-0.2, 0) is 0 Å². The predicted molar refractivity (Wildman–Crippen MR) is 168 cm³/mol. The monoisotopic (exact) mass is 538 g/mol. The van der Waals surface area contributed by atoms with Gasteiger partial charge in [-0.25, -0.2) is 19.9 Å². The minimum atomic E-state index is 0.620. The Bertz CT molecular complexity index is 2180. The molecule has 196 valence electrons. The molecule has 7 aromatic rings. The summed E-state index contributed by atoms with van der Waals surface area (Å²) in [4.78, 5) is 24.2. The van der Waals surface area contributed by atoms with Crippen LogP contribution >= 0.6 is 0 Å². The topological polar surface area (TPSA) is 58.0 Å². The van der Waals surface area contributed by atoms with Gasteiger partial charge in [-0.2, -0.15) is 0 Å². The van der Waals surface area contributed by atoms with Crippen molar-refractivity contribution < 1.29 is 0 Å². The fourth-order valence-corrected chi connectivity index (χ4v) is 6.32. The highest BCUT2D eigenvalue weighted by Crippen LogP contribution is 2.59. The maximum absolute atomic E-state index is 5.27. The average molecular weight is 539 g/mol. The Balaban J connectivity index is 1.39. The molecular weight excluding hydrogens is 516 g/mol. The van der Waals surface area contributed by atoms with Gasteiger partial charge in [0.1, 0.15) is 6.33 Å². The Morgan fingerprint density at radius 1 is 0.476 bits per heavy atom. The summed E-state index contributed by atoms with van der Waals surface area (Å²) in [6.07, 6.45) is 3.54. The number of nitrogens with zero attached hydrogens (tertiary/aromatic N) is 6. The Hall–Kier alpha value is -5.88. The van der Waals surface area contributed by atoms with E-state index in [0.717, 1.165) is 73.0 Å². The number of aromatic nitrogens is 4. The highest BCUT2D eigenvalue weighted by atomic mass is 15.3. The molecule has 6 nitrogen and oxygen atoms in total. The molecule has 0 fully saturated rings. The largest absolute Gasteiger partial charge is 0.302 e. The molecule has 4 heterocycles. The third kappa shape index (κ3) is 3.20. The Morgan fingerprint density at radius 2 is 1.17 bits per heavy atom. The van der Waals surface area contributed by atoms with Crippen molar-refractivity contribution in [3.63, 3.8) is 0 Å². The summed E-state index contributed by atoms with van der Waals surface area (Å²) in [5, 5.41) is 1.02. The Kier molecular flexibility index (Phi) is 4.80. The van der Waals surface area contributed by atoms with Crippen LogP contribution in [-0.4, -0.2) is 19.9 Å². The molecule has 2 aliphatic heterocycles. The van der Waals surface area contributed by atoms with Crippen molar-refractivity contribution in [3.8, 4) is 33.6 Å². The molecule has 42 heavy (non-hydrogen) atoms. The minimum Gasteiger partial charge on any atom is -0.302 e. The molecule has 6 heteroatoms. The van der Waals surface area contributed by atoms with Crippen LogP contribution in [0.3, 0.4) is 0 Å². The lowest BCUT2D eigenvalue weighted by molar-refractivity contribution is 1.07. The fourth-order valence-electron chi connectivity index (χ4n) is 6.32. The highest BCUT2D eigenvalue weighted by molar-refractivity contribution is 6.11. The second-order valence-corrected chi connectivity index (χ2v) is 10.4. The summed E-state index contributed by atoms with van der Waals surface area (Å²) in [6.45, 7) is 0. The van der Waals surface area contributed by atoms with E-state index in [0.29, 0.717) is 5.95 Å². The van der Waals surface area contributed by atoms with E-state index in [-0.39, 0.29) is 0 Å². The van der Waals surface area contributed by atoms with Gasteiger partial charge in [-0.05, 0) is 29.8 Å². The molecule has 0 radical (unpaired) electrons. The van der Waals surface area contributed by atoms with Crippen LogP contribution in [0.5, 0.6) is 0 Å². The molecule has 5 aromatic carbocycles. The molecule has 0 spiro atoms. The van der Waals surface area contributed by atoms with Crippen molar-refractivity contribution in [2.45, 2.75) is 0 Å². The van der Waals surface area contributed by atoms with E-state index in [1.54, 1.807) is 6.33 Å². The first kappa shape index (κ1) is 22.9. The molecule has 0 unspecified atom stereocenters. The van der Waals surface area contributed by atoms with Crippen LogP contribution in [0.15, 0.2) is 134 Å². The number of hydrogen-bond donors (Lipinski definition) is 0. The van der Waals surface area contributed by atoms with Gasteiger partial charge in [-0.3, -0.25) is 4.90 Å². The molecule has 0 N–H and O–H groups in total. The van der Waals surface area contributed by atoms with Crippen molar-refractivity contribution in [3.05, 3.63) is 134 Å². The lowest BCUT2D eigenvalue weighted by Gasteiger charge is -2.39. The average Bonchev–Trinajstić information content (AvgIpc) is 3.19. The first-order chi connectivity index (χ1) is 20.9. The van der Waals surface area contributed by atoms with Crippen molar-refractivity contribution in [1.82, 2.24) is 19.9 Å². The third-order valence-corrected chi connectivity index (χ3v) is 8.09. The zero-order valence-electron chi connectivity index (χ0n) is 22.4. The lowest BCUT2D eigenvalue weighted by atomic mass is 9.95. The normalized spacial score (nSPS) is 12.7. The molecule has 0 aliphatic carbocycles. The van der Waals surface area contributed by atoms with Crippen LogP contribution in [0.2, 0.25) is 0 Å². The quantitative estimate of drug-likeness (QED) is 0.219. The van der Waals surface area contributed by atoms with Crippen molar-refractivity contribution >= 4 is 45.3 Å². The Morgan fingerprint density at radius 3 is 2.05 bits per heavy atom. The van der Waals surface area contributed by atoms with Crippen molar-refractivity contribution in [1.29, 1.82) is 0 Å². The predicted octanol–water partition coefficient (Wildman–Crippen LogP) is 8.99. The smallest absolute Gasteiger partial charge is 0.235 e. The zero-order chi connectivity index (χ0) is 27.6. The maximum atomic E-state index is 5.27. The van der Waals surface area contributed by atoms with Gasteiger partial charge in [0.05, 0.1) is 51.5 Å². The van der Waals surface area contributed by atoms with Crippen LogP contribution in [0.1, 0.15) is 0 Å². The van der Waals surface area contributed by atoms with E-state index in [1.165, 1.54) is 0 Å². The molecular formula is C36H22N6. The van der Waals surface area contributed by atoms with E-state index in [9.17, 15) is 0 Å². The van der Waals surface area contributed by atoms with E-state index < -0.39 is 0 Å². The summed E-state index contributed by atoms with van der Waals surface area (Å²) < 4.78 is 0. The van der Waals surface area contributed by atoms with Crippen molar-refractivity contribution in [2.24, 2.45) is 0 Å². The molecule has 9 rings (SSSR count). The van der Waals surface area contributed by atoms with E-state index in [4.69, 9.17) is 15.0 Å². The van der Waals surface area contributed by atoms with Gasteiger partial charge in [0.2, 0.25) is 5.95 Å². The molecule has 0 saturated heterocycles. The molecule has 0 atom stereocenters. The number of fused-ring (bicyclic) bond motifs is 8. The highest BCUT2D eigenvalue weighted by Gasteiger charge is 2.37. The van der Waals surface area contributed by atoms with Gasteiger partial charge in [-0.15, -0.1) is 0 Å². The fraction of sp³-hybridized carbons (Fsp3) is 0. The first-order valence-corrected chi connectivity index (χ1v) is 13.9. The van der Waals surface area contributed by atoms with E-state index in [2.05, 4.69) is 106 Å². The molecule has 0 bridgehead atoms. The molecule has 0 saturated carbocycles. The second-order valence-electron chi connectivity index (χ2n) is 10.4. The molecule has 0 amide bonds. The standard InChI is InChI=1S/C36H22N6/c1-2-11-23(12-3-1)33-27-15-6-7-17-28(27)39-36(40-33)42-30-19-9-8-18-29(30)41-32-21-37-22-38-34(32)25-14-5-4-13-24(25)26-16-10-20-31(42)35(26)41/h1-22H. The Labute approximate surface area is 242 Å². The maximum Gasteiger partial charge on any atom is 0.235 e. The number of benzene rings is 5. The zero-order valence-corrected chi connectivity index (χ0v) is 22.4. The van der Waals surface area contributed by atoms with Crippen LogP contribution < -0.4 is 9.80 Å². The summed E-state index contributed by atoms with van der Waals surface area (Å²) in [5.41, 5.74) is 12.1. The minimum absolute atomic E-state index is 0.620.